The van der Waals surface area contributed by atoms with Gasteiger partial charge in [-0.1, -0.05) is 99.5 Å². The van der Waals surface area contributed by atoms with Gasteiger partial charge in [0.1, 0.15) is 6.61 Å². The molecule has 0 amide bonds. The first-order valence-electron chi connectivity index (χ1n) is 16.8. The van der Waals surface area contributed by atoms with Gasteiger partial charge in [0, 0.05) is 47.8 Å². The van der Waals surface area contributed by atoms with Gasteiger partial charge in [0.15, 0.2) is 23.1 Å². The Morgan fingerprint density at radius 1 is 0.787 bits per heavy atom. The molecule has 2 aliphatic carbocycles. The van der Waals surface area contributed by atoms with E-state index in [0.29, 0.717) is 49.1 Å². The molecule has 0 radical (unpaired) electrons. The van der Waals surface area contributed by atoms with Crippen LogP contribution in [0.25, 0.3) is 0 Å². The lowest BCUT2D eigenvalue weighted by Crippen LogP contribution is -2.45. The molecule has 0 spiro atoms. The van der Waals surface area contributed by atoms with Crippen LogP contribution in [0.3, 0.4) is 0 Å². The molecule has 0 atom stereocenters. The highest BCUT2D eigenvalue weighted by molar-refractivity contribution is 6.32. The normalized spacial score (nSPS) is 19.1. The number of carbonyl (C=O) groups is 2. The summed E-state index contributed by atoms with van der Waals surface area (Å²) in [5, 5.41) is 0.404. The Hall–Kier alpha value is -3.83. The van der Waals surface area contributed by atoms with Gasteiger partial charge in [0.25, 0.3) is 0 Å². The Labute approximate surface area is 284 Å². The molecule has 3 aromatic rings. The van der Waals surface area contributed by atoms with Crippen molar-refractivity contribution in [3.8, 4) is 11.5 Å². The highest BCUT2D eigenvalue weighted by Crippen LogP contribution is 2.55. The van der Waals surface area contributed by atoms with Crippen molar-refractivity contribution >= 4 is 23.2 Å². The maximum atomic E-state index is 14.3. The predicted octanol–water partition coefficient (Wildman–Crippen LogP) is 9.55. The van der Waals surface area contributed by atoms with Crippen LogP contribution in [0, 0.1) is 17.8 Å². The van der Waals surface area contributed by atoms with Crippen LogP contribution in [0.4, 0.5) is 0 Å². The maximum Gasteiger partial charge on any atom is 0.180 e. The van der Waals surface area contributed by atoms with Crippen LogP contribution in [0.15, 0.2) is 89.3 Å². The summed E-state index contributed by atoms with van der Waals surface area (Å²) in [4.78, 5) is 30.9. The lowest BCUT2D eigenvalue weighted by atomic mass is 9.63. The highest BCUT2D eigenvalue weighted by atomic mass is 35.5. The molecule has 1 heterocycles. The van der Waals surface area contributed by atoms with Gasteiger partial charge < -0.3 is 14.4 Å². The zero-order valence-corrected chi connectivity index (χ0v) is 29.3. The Morgan fingerprint density at radius 3 is 1.96 bits per heavy atom. The maximum absolute atomic E-state index is 14.3. The predicted molar refractivity (Wildman–Crippen MR) is 188 cm³/mol. The number of halogens is 1. The van der Waals surface area contributed by atoms with Crippen LogP contribution >= 0.6 is 11.6 Å². The smallest absolute Gasteiger partial charge is 0.180 e. The molecule has 3 aromatic carbocycles. The van der Waals surface area contributed by atoms with Crippen LogP contribution in [-0.4, -0.2) is 29.6 Å². The number of aryl methyl sites for hydroxylation is 1. The first-order valence-corrected chi connectivity index (χ1v) is 17.2. The molecular weight excluding hydrogens is 606 g/mol. The Kier molecular flexibility index (Phi) is 9.15. The monoisotopic (exact) mass is 651 g/mol. The topological polar surface area (TPSA) is 55.8 Å². The van der Waals surface area contributed by atoms with E-state index in [1.165, 1.54) is 11.1 Å². The van der Waals surface area contributed by atoms with Crippen molar-refractivity contribution in [2.24, 2.45) is 10.8 Å². The quantitative estimate of drug-likeness (QED) is 0.231. The molecular formula is C41H46ClNO4. The van der Waals surface area contributed by atoms with E-state index >= 15 is 0 Å². The Morgan fingerprint density at radius 2 is 1.38 bits per heavy atom. The van der Waals surface area contributed by atoms with Gasteiger partial charge in [-0.3, -0.25) is 9.59 Å². The summed E-state index contributed by atoms with van der Waals surface area (Å²) in [6, 6.07) is 22.5. The minimum atomic E-state index is -0.511. The molecule has 5 nitrogen and oxygen atoms in total. The second kappa shape index (κ2) is 13.0. The average molecular weight is 652 g/mol. The van der Waals surface area contributed by atoms with Crippen LogP contribution < -0.4 is 9.47 Å². The van der Waals surface area contributed by atoms with Crippen molar-refractivity contribution in [2.45, 2.75) is 86.2 Å². The van der Waals surface area contributed by atoms with Crippen LogP contribution in [0.2, 0.25) is 5.02 Å². The number of hydrogen-bond donors (Lipinski definition) is 0. The fraction of sp³-hybridized carbons (Fsp3) is 0.415. The van der Waals surface area contributed by atoms with Crippen LogP contribution in [0.5, 0.6) is 11.5 Å². The van der Waals surface area contributed by atoms with Crippen molar-refractivity contribution < 1.29 is 19.1 Å². The molecule has 0 saturated heterocycles. The van der Waals surface area contributed by atoms with Crippen molar-refractivity contribution in [1.82, 2.24) is 4.90 Å². The van der Waals surface area contributed by atoms with Gasteiger partial charge in [-0.05, 0) is 72.8 Å². The van der Waals surface area contributed by atoms with Crippen molar-refractivity contribution in [3.05, 3.63) is 117 Å². The summed E-state index contributed by atoms with van der Waals surface area (Å²) in [5.41, 5.74) is 7.40. The van der Waals surface area contributed by atoms with E-state index in [1.54, 1.807) is 0 Å². The van der Waals surface area contributed by atoms with E-state index in [0.717, 1.165) is 52.9 Å². The number of nitrogens with zero attached hydrogens (tertiary/aromatic N) is 1. The standard InChI is InChI=1S/C41H46ClNO4/c1-7-46-35-20-29(19-30(42)39(35)47-25-28-15-13-26(2)14-16-28)36-37-31(21-40(3,4)23-33(37)44)43(18-17-27-11-9-8-10-12-27)32-22-41(5,6)24-34(45)38(32)36/h8-16,19-20,36H,7,17-18,21-25H2,1-6H3. The first-order chi connectivity index (χ1) is 22.4. The molecule has 0 saturated carbocycles. The molecule has 0 unspecified atom stereocenters. The van der Waals surface area contributed by atoms with E-state index in [2.05, 4.69) is 75.9 Å². The Balaban J connectivity index is 1.48. The van der Waals surface area contributed by atoms with Crippen LogP contribution in [0.1, 0.15) is 88.5 Å². The molecule has 6 heteroatoms. The summed E-state index contributed by atoms with van der Waals surface area (Å²) < 4.78 is 12.4. The van der Waals surface area contributed by atoms with E-state index < -0.39 is 5.92 Å². The van der Waals surface area contributed by atoms with E-state index in [-0.39, 0.29) is 22.4 Å². The molecule has 246 valence electrons. The number of rotatable bonds is 9. The molecule has 0 aromatic heterocycles. The molecule has 47 heavy (non-hydrogen) atoms. The first kappa shape index (κ1) is 33.1. The van der Waals surface area contributed by atoms with Gasteiger partial charge in [-0.2, -0.15) is 0 Å². The summed E-state index contributed by atoms with van der Waals surface area (Å²) in [5.74, 6) is 0.676. The third-order valence-corrected chi connectivity index (χ3v) is 9.94. The van der Waals surface area contributed by atoms with Gasteiger partial charge in [-0.25, -0.2) is 0 Å². The SMILES string of the molecule is CCOc1cc(C2C3=C(CC(C)(C)CC3=O)N(CCc3ccccc3)C3=C2C(=O)CC(C)(C)C3)cc(Cl)c1OCc1ccc(C)cc1. The van der Waals surface area contributed by atoms with E-state index in [1.807, 2.05) is 37.3 Å². The molecule has 0 bridgehead atoms. The van der Waals surface area contributed by atoms with Gasteiger partial charge >= 0.3 is 0 Å². The lowest BCUT2D eigenvalue weighted by molar-refractivity contribution is -0.119. The highest BCUT2D eigenvalue weighted by Gasteiger charge is 2.49. The number of carbonyl (C=O) groups excluding carboxylic acids is 2. The fourth-order valence-corrected chi connectivity index (χ4v) is 7.81. The molecule has 6 rings (SSSR count). The number of ether oxygens (including phenoxy) is 2. The third-order valence-electron chi connectivity index (χ3n) is 9.66. The van der Waals surface area contributed by atoms with Gasteiger partial charge in [0.05, 0.1) is 11.6 Å². The third kappa shape index (κ3) is 6.92. The summed E-state index contributed by atoms with van der Waals surface area (Å²) in [6.45, 7) is 14.1. The van der Waals surface area contributed by atoms with Crippen LogP contribution in [-0.2, 0) is 22.6 Å². The van der Waals surface area contributed by atoms with Crippen molar-refractivity contribution in [2.75, 3.05) is 13.2 Å². The number of Topliss-reactive ketones (excluding diaryl/α,β-unsaturated/α-hetero) is 2. The summed E-state index contributed by atoms with van der Waals surface area (Å²) in [7, 11) is 0. The summed E-state index contributed by atoms with van der Waals surface area (Å²) in [6.07, 6.45) is 3.20. The average Bonchev–Trinajstić information content (AvgIpc) is 2.99. The molecule has 0 N–H and O–H groups in total. The number of allylic oxidation sites excluding steroid dienone is 4. The molecule has 1 aliphatic heterocycles. The van der Waals surface area contributed by atoms with Crippen molar-refractivity contribution in [3.63, 3.8) is 0 Å². The zero-order valence-electron chi connectivity index (χ0n) is 28.5. The van der Waals surface area contributed by atoms with E-state index in [9.17, 15) is 9.59 Å². The second-order valence-electron chi connectivity index (χ2n) is 15.0. The van der Waals surface area contributed by atoms with E-state index in [4.69, 9.17) is 21.1 Å². The van der Waals surface area contributed by atoms with Gasteiger partial charge in [-0.15, -0.1) is 0 Å². The number of hydrogen-bond acceptors (Lipinski definition) is 5. The molecule has 3 aliphatic rings. The Bertz CT molecular complexity index is 1700. The lowest BCUT2D eigenvalue weighted by Gasteiger charge is -2.49. The number of ketones is 2. The summed E-state index contributed by atoms with van der Waals surface area (Å²) >= 11 is 7.02. The minimum absolute atomic E-state index is 0.101. The largest absolute Gasteiger partial charge is 0.490 e. The van der Waals surface area contributed by atoms with Gasteiger partial charge in [0.2, 0.25) is 0 Å². The molecule has 0 fully saturated rings. The zero-order chi connectivity index (χ0) is 33.5. The van der Waals surface area contributed by atoms with Crippen molar-refractivity contribution in [1.29, 1.82) is 0 Å². The fourth-order valence-electron chi connectivity index (χ4n) is 7.53. The minimum Gasteiger partial charge on any atom is -0.490 e. The number of benzene rings is 3. The second-order valence-corrected chi connectivity index (χ2v) is 15.4.